The van der Waals surface area contributed by atoms with Gasteiger partial charge in [0.1, 0.15) is 17.6 Å². The van der Waals surface area contributed by atoms with Crippen molar-refractivity contribution in [2.75, 3.05) is 18.1 Å². The second-order valence-corrected chi connectivity index (χ2v) is 6.59. The Balaban J connectivity index is 1.72. The van der Waals surface area contributed by atoms with Crippen molar-refractivity contribution in [2.24, 2.45) is 5.92 Å². The standard InChI is InChI=1S/C14H20O3S/c1-10-2-3-12(17-10)13(15)11-4-6-16-14(8-11)5-7-18-9-14/h2-3,11,13,15H,4-9H2,1H3. The average Bonchev–Trinajstić information content (AvgIpc) is 2.98. The normalized spacial score (nSPS) is 34.0. The molecule has 3 atom stereocenters. The van der Waals surface area contributed by atoms with Crippen molar-refractivity contribution in [1.29, 1.82) is 0 Å². The minimum atomic E-state index is -0.481. The van der Waals surface area contributed by atoms with Gasteiger partial charge in [-0.2, -0.15) is 11.8 Å². The van der Waals surface area contributed by atoms with E-state index in [1.54, 1.807) is 0 Å². The fourth-order valence-electron chi connectivity index (χ4n) is 3.04. The van der Waals surface area contributed by atoms with Crippen LogP contribution in [-0.4, -0.2) is 28.8 Å². The quantitative estimate of drug-likeness (QED) is 0.895. The molecule has 1 aromatic rings. The van der Waals surface area contributed by atoms with Crippen molar-refractivity contribution < 1.29 is 14.3 Å². The summed E-state index contributed by atoms with van der Waals surface area (Å²) >= 11 is 1.96. The Hall–Kier alpha value is -0.450. The molecule has 1 aromatic heterocycles. The van der Waals surface area contributed by atoms with Crippen molar-refractivity contribution in [2.45, 2.75) is 37.9 Å². The number of aliphatic hydroxyl groups is 1. The van der Waals surface area contributed by atoms with Gasteiger partial charge < -0.3 is 14.3 Å². The molecule has 2 fully saturated rings. The number of aryl methyl sites for hydroxylation is 1. The van der Waals surface area contributed by atoms with Crippen molar-refractivity contribution in [3.05, 3.63) is 23.7 Å². The van der Waals surface area contributed by atoms with E-state index in [0.29, 0.717) is 5.76 Å². The number of thioether (sulfide) groups is 1. The first kappa shape index (κ1) is 12.6. The predicted molar refractivity (Wildman–Crippen MR) is 71.8 cm³/mol. The summed E-state index contributed by atoms with van der Waals surface area (Å²) in [6, 6.07) is 3.81. The molecule has 3 nitrogen and oxygen atoms in total. The summed E-state index contributed by atoms with van der Waals surface area (Å²) in [5.41, 5.74) is 0.0240. The van der Waals surface area contributed by atoms with E-state index in [9.17, 15) is 5.11 Å². The molecule has 2 aliphatic rings. The van der Waals surface area contributed by atoms with Gasteiger partial charge in [-0.15, -0.1) is 0 Å². The van der Waals surface area contributed by atoms with E-state index < -0.39 is 6.10 Å². The number of aliphatic hydroxyl groups excluding tert-OH is 1. The van der Waals surface area contributed by atoms with Gasteiger partial charge in [-0.05, 0) is 50.0 Å². The molecule has 0 aromatic carbocycles. The van der Waals surface area contributed by atoms with E-state index in [0.717, 1.165) is 37.4 Å². The third-order valence-electron chi connectivity index (χ3n) is 4.10. The first-order chi connectivity index (χ1) is 8.69. The fourth-order valence-corrected chi connectivity index (χ4v) is 4.42. The zero-order valence-corrected chi connectivity index (χ0v) is 11.5. The average molecular weight is 268 g/mol. The van der Waals surface area contributed by atoms with E-state index in [1.165, 1.54) is 5.75 Å². The van der Waals surface area contributed by atoms with Crippen LogP contribution in [0.3, 0.4) is 0 Å². The number of ether oxygens (including phenoxy) is 1. The van der Waals surface area contributed by atoms with Crippen molar-refractivity contribution in [3.8, 4) is 0 Å². The highest BCUT2D eigenvalue weighted by molar-refractivity contribution is 7.99. The van der Waals surface area contributed by atoms with Crippen molar-refractivity contribution >= 4 is 11.8 Å². The molecule has 3 heterocycles. The molecule has 2 aliphatic heterocycles. The van der Waals surface area contributed by atoms with Crippen LogP contribution in [0.5, 0.6) is 0 Å². The molecule has 0 aliphatic carbocycles. The SMILES string of the molecule is Cc1ccc(C(O)C2CCOC3(CCSC3)C2)o1. The summed E-state index contributed by atoms with van der Waals surface area (Å²) in [5, 5.41) is 10.4. The lowest BCUT2D eigenvalue weighted by molar-refractivity contribution is -0.104. The highest BCUT2D eigenvalue weighted by Crippen LogP contribution is 2.44. The molecule has 1 N–H and O–H groups in total. The van der Waals surface area contributed by atoms with E-state index in [-0.39, 0.29) is 11.5 Å². The molecule has 3 unspecified atom stereocenters. The van der Waals surface area contributed by atoms with Gasteiger partial charge in [0.15, 0.2) is 0 Å². The Morgan fingerprint density at radius 3 is 3.06 bits per heavy atom. The van der Waals surface area contributed by atoms with Gasteiger partial charge in [0.05, 0.1) is 5.60 Å². The largest absolute Gasteiger partial charge is 0.464 e. The van der Waals surface area contributed by atoms with Crippen LogP contribution in [0.2, 0.25) is 0 Å². The Morgan fingerprint density at radius 2 is 2.39 bits per heavy atom. The van der Waals surface area contributed by atoms with Crippen LogP contribution in [0.15, 0.2) is 16.5 Å². The lowest BCUT2D eigenvalue weighted by Crippen LogP contribution is -2.41. The molecule has 1 spiro atoms. The molecule has 3 rings (SSSR count). The Bertz CT molecular complexity index is 409. The summed E-state index contributed by atoms with van der Waals surface area (Å²) < 4.78 is 11.5. The number of furan rings is 1. The third kappa shape index (κ3) is 2.33. The zero-order valence-electron chi connectivity index (χ0n) is 10.7. The molecule has 100 valence electrons. The Labute approximate surface area is 112 Å². The third-order valence-corrected chi connectivity index (χ3v) is 5.32. The summed E-state index contributed by atoms with van der Waals surface area (Å²) in [6.07, 6.45) is 2.52. The highest BCUT2D eigenvalue weighted by Gasteiger charge is 2.42. The van der Waals surface area contributed by atoms with Crippen LogP contribution in [0.25, 0.3) is 0 Å². The summed E-state index contributed by atoms with van der Waals surface area (Å²) in [7, 11) is 0. The van der Waals surface area contributed by atoms with E-state index in [4.69, 9.17) is 9.15 Å². The minimum absolute atomic E-state index is 0.0240. The molecule has 0 bridgehead atoms. The maximum atomic E-state index is 10.4. The summed E-state index contributed by atoms with van der Waals surface area (Å²) in [4.78, 5) is 0. The molecule has 4 heteroatoms. The highest BCUT2D eigenvalue weighted by atomic mass is 32.2. The number of hydrogen-bond donors (Lipinski definition) is 1. The van der Waals surface area contributed by atoms with Crippen LogP contribution in [0.1, 0.15) is 36.9 Å². The Kier molecular flexibility index (Phi) is 3.43. The zero-order chi connectivity index (χ0) is 12.6. The number of rotatable bonds is 2. The summed E-state index contributed by atoms with van der Waals surface area (Å²) in [5.74, 6) is 4.10. The van der Waals surface area contributed by atoms with Crippen LogP contribution < -0.4 is 0 Å². The topological polar surface area (TPSA) is 42.6 Å². The fraction of sp³-hybridized carbons (Fsp3) is 0.714. The van der Waals surface area contributed by atoms with Gasteiger partial charge in [0, 0.05) is 12.4 Å². The molecule has 0 amide bonds. The molecule has 2 saturated heterocycles. The lowest BCUT2D eigenvalue weighted by Gasteiger charge is -2.39. The van der Waals surface area contributed by atoms with Crippen molar-refractivity contribution in [1.82, 2.24) is 0 Å². The molecule has 18 heavy (non-hydrogen) atoms. The van der Waals surface area contributed by atoms with Crippen LogP contribution >= 0.6 is 11.8 Å². The van der Waals surface area contributed by atoms with Gasteiger partial charge in [-0.1, -0.05) is 0 Å². The van der Waals surface area contributed by atoms with Crippen LogP contribution in [-0.2, 0) is 4.74 Å². The van der Waals surface area contributed by atoms with Gasteiger partial charge in [0.25, 0.3) is 0 Å². The first-order valence-corrected chi connectivity index (χ1v) is 7.80. The first-order valence-electron chi connectivity index (χ1n) is 6.65. The Morgan fingerprint density at radius 1 is 1.50 bits per heavy atom. The predicted octanol–water partition coefficient (Wildman–Crippen LogP) is 2.92. The maximum Gasteiger partial charge on any atom is 0.132 e. The summed E-state index contributed by atoms with van der Waals surface area (Å²) in [6.45, 7) is 2.68. The van der Waals surface area contributed by atoms with Crippen LogP contribution in [0.4, 0.5) is 0 Å². The maximum absolute atomic E-state index is 10.4. The van der Waals surface area contributed by atoms with Gasteiger partial charge in [0.2, 0.25) is 0 Å². The smallest absolute Gasteiger partial charge is 0.132 e. The van der Waals surface area contributed by atoms with E-state index in [1.807, 2.05) is 30.8 Å². The minimum Gasteiger partial charge on any atom is -0.464 e. The van der Waals surface area contributed by atoms with Crippen molar-refractivity contribution in [3.63, 3.8) is 0 Å². The van der Waals surface area contributed by atoms with Gasteiger partial charge in [-0.25, -0.2) is 0 Å². The molecular formula is C14H20O3S. The van der Waals surface area contributed by atoms with Gasteiger partial charge in [-0.3, -0.25) is 0 Å². The monoisotopic (exact) mass is 268 g/mol. The second-order valence-electron chi connectivity index (χ2n) is 5.48. The second kappa shape index (κ2) is 4.91. The molecule has 0 radical (unpaired) electrons. The molecule has 0 saturated carbocycles. The van der Waals surface area contributed by atoms with Gasteiger partial charge >= 0.3 is 0 Å². The van der Waals surface area contributed by atoms with Crippen LogP contribution in [0, 0.1) is 12.8 Å². The molecular weight excluding hydrogens is 248 g/mol. The lowest BCUT2D eigenvalue weighted by atomic mass is 9.81. The van der Waals surface area contributed by atoms with E-state index >= 15 is 0 Å². The number of hydrogen-bond acceptors (Lipinski definition) is 4. The van der Waals surface area contributed by atoms with E-state index in [2.05, 4.69) is 0 Å².